The maximum atomic E-state index is 12.6. The number of sulfone groups is 1. The van der Waals surface area contributed by atoms with Gasteiger partial charge in [0.15, 0.2) is 5.03 Å². The number of rotatable bonds is 6. The van der Waals surface area contributed by atoms with Gasteiger partial charge >= 0.3 is 0 Å². The van der Waals surface area contributed by atoms with Gasteiger partial charge in [0.2, 0.25) is 15.7 Å². The Balaban J connectivity index is 1.80. The first-order valence-corrected chi connectivity index (χ1v) is 9.60. The van der Waals surface area contributed by atoms with Crippen molar-refractivity contribution in [3.05, 3.63) is 75.9 Å². The number of benzene rings is 1. The van der Waals surface area contributed by atoms with E-state index in [0.717, 1.165) is 16.8 Å². The third-order valence-electron chi connectivity index (χ3n) is 3.57. The summed E-state index contributed by atoms with van der Waals surface area (Å²) in [6.07, 6.45) is 1.47. The average molecular weight is 408 g/mol. The van der Waals surface area contributed by atoms with E-state index in [1.165, 1.54) is 30.5 Å². The molecule has 3 aromatic rings. The Kier molecular flexibility index (Phi) is 5.43. The molecule has 1 amide bonds. The third-order valence-corrected chi connectivity index (χ3v) is 5.49. The lowest BCUT2D eigenvalue weighted by Crippen LogP contribution is -2.33. The number of halogens is 1. The van der Waals surface area contributed by atoms with Gasteiger partial charge in [-0.05, 0) is 42.5 Å². The normalized spacial score (nSPS) is 11.3. The highest BCUT2D eigenvalue weighted by molar-refractivity contribution is 7.91. The lowest BCUT2D eigenvalue weighted by molar-refractivity contribution is -0.122. The monoisotopic (exact) mass is 407 g/mol. The number of nitrogens with zero attached hydrogens (tertiary/aromatic N) is 2. The van der Waals surface area contributed by atoms with Crippen LogP contribution in [0.3, 0.4) is 0 Å². The molecule has 2 heterocycles. The van der Waals surface area contributed by atoms with E-state index in [1.54, 1.807) is 12.1 Å². The molecule has 8 nitrogen and oxygen atoms in total. The summed E-state index contributed by atoms with van der Waals surface area (Å²) in [5, 5.41) is 6.43. The molecule has 0 bridgehead atoms. The van der Waals surface area contributed by atoms with Crippen molar-refractivity contribution >= 4 is 27.3 Å². The van der Waals surface area contributed by atoms with Crippen LogP contribution < -0.4 is 10.9 Å². The SMILES string of the molecule is O=C(Cn1nc(S(=O)(=O)c2ccc(Cl)cc2)ccc1=O)NCc1ccco1. The smallest absolute Gasteiger partial charge is 0.267 e. The van der Waals surface area contributed by atoms with Crippen LogP contribution in [-0.2, 0) is 27.7 Å². The lowest BCUT2D eigenvalue weighted by Gasteiger charge is -2.08. The summed E-state index contributed by atoms with van der Waals surface area (Å²) in [6, 6.07) is 11.1. The fourth-order valence-corrected chi connectivity index (χ4v) is 3.53. The Morgan fingerprint density at radius 3 is 2.56 bits per heavy atom. The van der Waals surface area contributed by atoms with E-state index in [1.807, 2.05) is 0 Å². The van der Waals surface area contributed by atoms with Crippen LogP contribution >= 0.6 is 11.6 Å². The number of furan rings is 1. The largest absolute Gasteiger partial charge is 0.467 e. The summed E-state index contributed by atoms with van der Waals surface area (Å²) in [6.45, 7) is -0.285. The second-order valence-corrected chi connectivity index (χ2v) is 7.81. The maximum absolute atomic E-state index is 12.6. The Morgan fingerprint density at radius 2 is 1.89 bits per heavy atom. The highest BCUT2D eigenvalue weighted by Gasteiger charge is 2.21. The van der Waals surface area contributed by atoms with Crippen LogP contribution in [0.15, 0.2) is 73.9 Å². The summed E-state index contributed by atoms with van der Waals surface area (Å²) < 4.78 is 31.2. The quantitative estimate of drug-likeness (QED) is 0.664. The van der Waals surface area contributed by atoms with Gasteiger partial charge in [-0.3, -0.25) is 9.59 Å². The molecule has 140 valence electrons. The number of hydrogen-bond donors (Lipinski definition) is 1. The molecule has 2 aromatic heterocycles. The molecule has 10 heteroatoms. The molecule has 0 aliphatic heterocycles. The number of carbonyl (C=O) groups excluding carboxylic acids is 1. The summed E-state index contributed by atoms with van der Waals surface area (Å²) in [5.41, 5.74) is -0.599. The van der Waals surface area contributed by atoms with E-state index < -0.39 is 27.8 Å². The van der Waals surface area contributed by atoms with Gasteiger partial charge in [0, 0.05) is 11.1 Å². The van der Waals surface area contributed by atoms with Gasteiger partial charge < -0.3 is 9.73 Å². The summed E-state index contributed by atoms with van der Waals surface area (Å²) in [4.78, 5) is 23.9. The molecule has 0 unspecified atom stereocenters. The van der Waals surface area contributed by atoms with Gasteiger partial charge in [0.25, 0.3) is 5.56 Å². The van der Waals surface area contributed by atoms with Gasteiger partial charge in [-0.2, -0.15) is 5.10 Å². The number of nitrogens with one attached hydrogen (secondary N) is 1. The van der Waals surface area contributed by atoms with Crippen molar-refractivity contribution in [3.8, 4) is 0 Å². The third kappa shape index (κ3) is 4.44. The maximum Gasteiger partial charge on any atom is 0.267 e. The average Bonchev–Trinajstić information content (AvgIpc) is 3.16. The molecule has 3 rings (SSSR count). The fourth-order valence-electron chi connectivity index (χ4n) is 2.21. The Bertz CT molecular complexity index is 1110. The van der Waals surface area contributed by atoms with E-state index in [9.17, 15) is 18.0 Å². The van der Waals surface area contributed by atoms with E-state index in [0.29, 0.717) is 10.8 Å². The summed E-state index contributed by atoms with van der Waals surface area (Å²) >= 11 is 5.77. The van der Waals surface area contributed by atoms with Gasteiger partial charge in [-0.15, -0.1) is 0 Å². The van der Waals surface area contributed by atoms with Crippen LogP contribution in [0.5, 0.6) is 0 Å². The second-order valence-electron chi connectivity index (χ2n) is 5.48. The lowest BCUT2D eigenvalue weighted by atomic mass is 10.4. The minimum absolute atomic E-state index is 0.0214. The minimum Gasteiger partial charge on any atom is -0.467 e. The standard InChI is InChI=1S/C17H14ClN3O5S/c18-12-3-5-14(6-4-12)27(24,25)16-7-8-17(23)21(20-16)11-15(22)19-10-13-2-1-9-26-13/h1-9H,10-11H2,(H,19,22). The molecule has 27 heavy (non-hydrogen) atoms. The zero-order valence-corrected chi connectivity index (χ0v) is 15.4. The zero-order valence-electron chi connectivity index (χ0n) is 13.8. The van der Waals surface area contributed by atoms with Crippen molar-refractivity contribution < 1.29 is 17.6 Å². The molecule has 1 N–H and O–H groups in total. The van der Waals surface area contributed by atoms with Crippen LogP contribution in [-0.4, -0.2) is 24.1 Å². The van der Waals surface area contributed by atoms with Crippen LogP contribution in [0, 0.1) is 0 Å². The van der Waals surface area contributed by atoms with Crippen molar-refractivity contribution in [1.82, 2.24) is 15.1 Å². The Morgan fingerprint density at radius 1 is 1.15 bits per heavy atom. The first-order chi connectivity index (χ1) is 12.9. The molecule has 0 spiro atoms. The van der Waals surface area contributed by atoms with Crippen LogP contribution in [0.1, 0.15) is 5.76 Å². The first-order valence-electron chi connectivity index (χ1n) is 7.74. The number of carbonyl (C=O) groups is 1. The first kappa shape index (κ1) is 18.9. The topological polar surface area (TPSA) is 111 Å². The van der Waals surface area contributed by atoms with Crippen LogP contribution in [0.4, 0.5) is 0 Å². The molecular formula is C17H14ClN3O5S. The molecule has 1 aromatic carbocycles. The van der Waals surface area contributed by atoms with Crippen molar-refractivity contribution in [3.63, 3.8) is 0 Å². The molecule has 0 aliphatic carbocycles. The van der Waals surface area contributed by atoms with E-state index in [4.69, 9.17) is 16.0 Å². The molecule has 0 fully saturated rings. The van der Waals surface area contributed by atoms with E-state index >= 15 is 0 Å². The van der Waals surface area contributed by atoms with Crippen molar-refractivity contribution in [2.75, 3.05) is 0 Å². The van der Waals surface area contributed by atoms with Crippen molar-refractivity contribution in [1.29, 1.82) is 0 Å². The van der Waals surface area contributed by atoms with Gasteiger partial charge in [0.1, 0.15) is 12.3 Å². The Labute approximate surface area is 159 Å². The summed E-state index contributed by atoms with van der Waals surface area (Å²) in [5.74, 6) is 0.0322. The van der Waals surface area contributed by atoms with E-state index in [2.05, 4.69) is 10.4 Å². The Hall–Kier alpha value is -2.91. The van der Waals surface area contributed by atoms with Crippen LogP contribution in [0.25, 0.3) is 0 Å². The number of amides is 1. The molecule has 0 saturated carbocycles. The second kappa shape index (κ2) is 7.77. The highest BCUT2D eigenvalue weighted by Crippen LogP contribution is 2.20. The van der Waals surface area contributed by atoms with Crippen molar-refractivity contribution in [2.24, 2.45) is 0 Å². The predicted molar refractivity (Wildman–Crippen MR) is 96.0 cm³/mol. The number of hydrogen-bond acceptors (Lipinski definition) is 6. The molecular weight excluding hydrogens is 394 g/mol. The highest BCUT2D eigenvalue weighted by atomic mass is 35.5. The molecule has 0 radical (unpaired) electrons. The molecule has 0 atom stereocenters. The van der Waals surface area contributed by atoms with Crippen molar-refractivity contribution in [2.45, 2.75) is 23.0 Å². The van der Waals surface area contributed by atoms with Gasteiger partial charge in [-0.1, -0.05) is 11.6 Å². The molecule has 0 saturated heterocycles. The van der Waals surface area contributed by atoms with E-state index in [-0.39, 0.29) is 16.5 Å². The number of aromatic nitrogens is 2. The fraction of sp³-hybridized carbons (Fsp3) is 0.118. The predicted octanol–water partition coefficient (Wildman–Crippen LogP) is 1.64. The van der Waals surface area contributed by atoms with Gasteiger partial charge in [-0.25, -0.2) is 13.1 Å². The van der Waals surface area contributed by atoms with Crippen LogP contribution in [0.2, 0.25) is 5.02 Å². The molecule has 0 aliphatic rings. The van der Waals surface area contributed by atoms with Gasteiger partial charge in [0.05, 0.1) is 17.7 Å². The zero-order chi connectivity index (χ0) is 19.4. The minimum atomic E-state index is -3.95. The summed E-state index contributed by atoms with van der Waals surface area (Å²) in [7, 11) is -3.95.